The van der Waals surface area contributed by atoms with Crippen LogP contribution in [-0.4, -0.2) is 36.1 Å². The topological polar surface area (TPSA) is 54.2 Å². The van der Waals surface area contributed by atoms with E-state index in [9.17, 15) is 0 Å². The van der Waals surface area contributed by atoms with Gasteiger partial charge in [0.05, 0.1) is 0 Å². The molecule has 0 radical (unpaired) electrons. The van der Waals surface area contributed by atoms with E-state index in [4.69, 9.17) is 5.73 Å². The summed E-state index contributed by atoms with van der Waals surface area (Å²) in [6, 6.07) is 1.90. The second-order valence-corrected chi connectivity index (χ2v) is 4.23. The number of anilines is 2. The van der Waals surface area contributed by atoms with E-state index in [1.54, 1.807) is 0 Å². The molecule has 4 heteroatoms. The maximum Gasteiger partial charge on any atom is 0.127 e. The minimum Gasteiger partial charge on any atom is -0.398 e. The molecule has 0 aliphatic heterocycles. The molecule has 96 valence electrons. The fourth-order valence-electron chi connectivity index (χ4n) is 1.69. The highest BCUT2D eigenvalue weighted by Crippen LogP contribution is 2.13. The zero-order valence-electron chi connectivity index (χ0n) is 11.2. The van der Waals surface area contributed by atoms with Gasteiger partial charge in [0.15, 0.2) is 0 Å². The van der Waals surface area contributed by atoms with Gasteiger partial charge >= 0.3 is 0 Å². The number of nitrogens with one attached hydrogen (secondary N) is 1. The molecule has 17 heavy (non-hydrogen) atoms. The largest absolute Gasteiger partial charge is 0.398 e. The van der Waals surface area contributed by atoms with E-state index in [-0.39, 0.29) is 0 Å². The van der Waals surface area contributed by atoms with Gasteiger partial charge in [0, 0.05) is 24.5 Å². The predicted molar refractivity (Wildman–Crippen MR) is 74.3 cm³/mol. The Kier molecular flexibility index (Phi) is 5.77. The van der Waals surface area contributed by atoms with Gasteiger partial charge in [-0.3, -0.25) is 0 Å². The lowest BCUT2D eigenvalue weighted by atomic mass is 10.2. The third-order valence-electron chi connectivity index (χ3n) is 3.00. The average molecular weight is 236 g/mol. The van der Waals surface area contributed by atoms with Crippen molar-refractivity contribution in [2.75, 3.05) is 37.2 Å². The van der Waals surface area contributed by atoms with E-state index in [1.165, 1.54) is 0 Å². The van der Waals surface area contributed by atoms with Gasteiger partial charge in [-0.2, -0.15) is 0 Å². The van der Waals surface area contributed by atoms with Gasteiger partial charge in [-0.15, -0.1) is 0 Å². The first-order valence-electron chi connectivity index (χ1n) is 6.35. The summed E-state index contributed by atoms with van der Waals surface area (Å²) in [4.78, 5) is 6.71. The van der Waals surface area contributed by atoms with Crippen molar-refractivity contribution in [1.29, 1.82) is 0 Å². The summed E-state index contributed by atoms with van der Waals surface area (Å²) < 4.78 is 0. The summed E-state index contributed by atoms with van der Waals surface area (Å²) in [5, 5.41) is 3.30. The Bertz CT molecular complexity index is 334. The average Bonchev–Trinajstić information content (AvgIpc) is 2.34. The second-order valence-electron chi connectivity index (χ2n) is 4.23. The maximum atomic E-state index is 5.83. The van der Waals surface area contributed by atoms with Crippen LogP contribution in [0.2, 0.25) is 0 Å². The third-order valence-corrected chi connectivity index (χ3v) is 3.00. The zero-order valence-corrected chi connectivity index (χ0v) is 11.2. The summed E-state index contributed by atoms with van der Waals surface area (Å²) in [5.41, 5.74) is 7.65. The zero-order chi connectivity index (χ0) is 12.7. The lowest BCUT2D eigenvalue weighted by Gasteiger charge is -2.17. The van der Waals surface area contributed by atoms with Crippen LogP contribution >= 0.6 is 0 Å². The normalized spacial score (nSPS) is 10.8. The van der Waals surface area contributed by atoms with Gasteiger partial charge in [0.1, 0.15) is 5.82 Å². The lowest BCUT2D eigenvalue weighted by molar-refractivity contribution is 0.303. The molecule has 0 aromatic carbocycles. The molecular weight excluding hydrogens is 212 g/mol. The van der Waals surface area contributed by atoms with Crippen LogP contribution in [0.25, 0.3) is 0 Å². The van der Waals surface area contributed by atoms with Crippen LogP contribution in [0.15, 0.2) is 12.3 Å². The molecule has 0 saturated heterocycles. The van der Waals surface area contributed by atoms with Crippen molar-refractivity contribution in [2.45, 2.75) is 27.2 Å². The first-order chi connectivity index (χ1) is 8.17. The van der Waals surface area contributed by atoms with Crippen molar-refractivity contribution >= 4 is 11.5 Å². The molecule has 0 saturated carbocycles. The van der Waals surface area contributed by atoms with Crippen molar-refractivity contribution < 1.29 is 0 Å². The smallest absolute Gasteiger partial charge is 0.127 e. The van der Waals surface area contributed by atoms with Crippen molar-refractivity contribution in [2.24, 2.45) is 0 Å². The number of rotatable bonds is 7. The molecule has 1 aromatic heterocycles. The number of nitrogen functional groups attached to an aromatic ring is 1. The van der Waals surface area contributed by atoms with Gasteiger partial charge in [-0.1, -0.05) is 13.8 Å². The molecule has 4 nitrogen and oxygen atoms in total. The standard InChI is InChI=1S/C13H24N4/c1-4-17(5-2)8-6-7-15-13-9-12(14)11(3)10-16-13/h9-10H,4-8H2,1-3H3,(H3,14,15,16). The predicted octanol–water partition coefficient (Wildman–Crippen LogP) is 2.12. The van der Waals surface area contributed by atoms with Gasteiger partial charge in [0.25, 0.3) is 0 Å². The minimum atomic E-state index is 0.797. The van der Waals surface area contributed by atoms with Gasteiger partial charge < -0.3 is 16.0 Å². The van der Waals surface area contributed by atoms with Crippen molar-refractivity contribution in [3.8, 4) is 0 Å². The minimum absolute atomic E-state index is 0.797. The van der Waals surface area contributed by atoms with Crippen molar-refractivity contribution in [3.63, 3.8) is 0 Å². The van der Waals surface area contributed by atoms with Crippen LogP contribution < -0.4 is 11.1 Å². The quantitative estimate of drug-likeness (QED) is 0.712. The summed E-state index contributed by atoms with van der Waals surface area (Å²) in [6.07, 6.45) is 2.93. The number of hydrogen-bond acceptors (Lipinski definition) is 4. The summed E-state index contributed by atoms with van der Waals surface area (Å²) in [7, 11) is 0. The molecule has 0 aliphatic rings. The van der Waals surface area contributed by atoms with Crippen molar-refractivity contribution in [3.05, 3.63) is 17.8 Å². The van der Waals surface area contributed by atoms with E-state index in [2.05, 4.69) is 29.0 Å². The Morgan fingerprint density at radius 1 is 1.35 bits per heavy atom. The lowest BCUT2D eigenvalue weighted by Crippen LogP contribution is -2.25. The molecular formula is C13H24N4. The van der Waals surface area contributed by atoms with E-state index < -0.39 is 0 Å². The fourth-order valence-corrected chi connectivity index (χ4v) is 1.69. The van der Waals surface area contributed by atoms with Gasteiger partial charge in [-0.25, -0.2) is 4.98 Å². The van der Waals surface area contributed by atoms with Crippen LogP contribution in [0, 0.1) is 6.92 Å². The van der Waals surface area contributed by atoms with Gasteiger partial charge in [-0.05, 0) is 38.5 Å². The van der Waals surface area contributed by atoms with E-state index in [1.807, 2.05) is 19.2 Å². The van der Waals surface area contributed by atoms with Crippen LogP contribution in [0.4, 0.5) is 11.5 Å². The molecule has 3 N–H and O–H groups in total. The molecule has 0 aliphatic carbocycles. The maximum absolute atomic E-state index is 5.83. The number of nitrogens with zero attached hydrogens (tertiary/aromatic N) is 2. The number of nitrogens with two attached hydrogens (primary N) is 1. The number of aromatic nitrogens is 1. The molecule has 0 atom stereocenters. The highest BCUT2D eigenvalue weighted by molar-refractivity contribution is 5.53. The number of pyridine rings is 1. The van der Waals surface area contributed by atoms with Crippen LogP contribution in [0.3, 0.4) is 0 Å². The van der Waals surface area contributed by atoms with E-state index >= 15 is 0 Å². The summed E-state index contributed by atoms with van der Waals surface area (Å²) in [5.74, 6) is 0.868. The Labute approximate surface area is 104 Å². The van der Waals surface area contributed by atoms with Crippen molar-refractivity contribution in [1.82, 2.24) is 9.88 Å². The monoisotopic (exact) mass is 236 g/mol. The highest BCUT2D eigenvalue weighted by atomic mass is 15.1. The Hall–Kier alpha value is -1.29. The highest BCUT2D eigenvalue weighted by Gasteiger charge is 2.00. The van der Waals surface area contributed by atoms with Gasteiger partial charge in [0.2, 0.25) is 0 Å². The summed E-state index contributed by atoms with van der Waals surface area (Å²) >= 11 is 0. The molecule has 0 unspecified atom stereocenters. The summed E-state index contributed by atoms with van der Waals surface area (Å²) in [6.45, 7) is 10.6. The second kappa shape index (κ2) is 7.12. The van der Waals surface area contributed by atoms with E-state index in [0.717, 1.165) is 49.7 Å². The molecule has 1 rings (SSSR count). The Morgan fingerprint density at radius 2 is 2.06 bits per heavy atom. The fraction of sp³-hybridized carbons (Fsp3) is 0.615. The molecule has 0 spiro atoms. The first-order valence-corrected chi connectivity index (χ1v) is 6.35. The molecule has 1 aromatic rings. The number of aryl methyl sites for hydroxylation is 1. The SMILES string of the molecule is CCN(CC)CCCNc1cc(N)c(C)cn1. The molecule has 0 fully saturated rings. The Morgan fingerprint density at radius 3 is 2.65 bits per heavy atom. The Balaban J connectivity index is 2.28. The molecule has 1 heterocycles. The van der Waals surface area contributed by atoms with Crippen LogP contribution in [0.1, 0.15) is 25.8 Å². The third kappa shape index (κ3) is 4.61. The molecule has 0 bridgehead atoms. The van der Waals surface area contributed by atoms with Crippen LogP contribution in [0.5, 0.6) is 0 Å². The van der Waals surface area contributed by atoms with E-state index in [0.29, 0.717) is 0 Å². The molecule has 0 amide bonds. The van der Waals surface area contributed by atoms with Crippen LogP contribution in [-0.2, 0) is 0 Å². The first kappa shape index (κ1) is 13.8. The number of hydrogen-bond donors (Lipinski definition) is 2.